The largest absolute Gasteiger partial charge is 0.394 e. The van der Waals surface area contributed by atoms with Crippen molar-refractivity contribution in [1.82, 2.24) is 5.32 Å². The average molecular weight is 904 g/mol. The Morgan fingerprint density at radius 3 is 1.44 bits per heavy atom. The summed E-state index contributed by atoms with van der Waals surface area (Å²) in [5, 5.41) is 54.6. The molecule has 0 aromatic carbocycles. The maximum atomic E-state index is 13.0. The maximum Gasteiger partial charge on any atom is 0.220 e. The molecule has 64 heavy (non-hydrogen) atoms. The van der Waals surface area contributed by atoms with Crippen LogP contribution in [0.5, 0.6) is 0 Å². The van der Waals surface area contributed by atoms with Crippen LogP contribution in [0.25, 0.3) is 0 Å². The predicted molar refractivity (Wildman–Crippen MR) is 267 cm³/mol. The van der Waals surface area contributed by atoms with Gasteiger partial charge in [0, 0.05) is 6.42 Å². The van der Waals surface area contributed by atoms with E-state index in [1.165, 1.54) is 135 Å². The molecule has 0 saturated carbocycles. The minimum Gasteiger partial charge on any atom is -0.394 e. The van der Waals surface area contributed by atoms with Gasteiger partial charge in [0.1, 0.15) is 24.4 Å². The number of carbonyl (C=O) groups excluding carboxylic acids is 1. The van der Waals surface area contributed by atoms with Crippen molar-refractivity contribution in [2.24, 2.45) is 0 Å². The van der Waals surface area contributed by atoms with E-state index in [2.05, 4.69) is 67.8 Å². The lowest BCUT2D eigenvalue weighted by atomic mass is 9.99. The molecule has 9 heteroatoms. The van der Waals surface area contributed by atoms with E-state index in [-0.39, 0.29) is 12.5 Å². The highest BCUT2D eigenvalue weighted by atomic mass is 16.7. The molecule has 1 fully saturated rings. The Bertz CT molecular complexity index is 1140. The molecule has 7 unspecified atom stereocenters. The fourth-order valence-electron chi connectivity index (χ4n) is 8.45. The summed E-state index contributed by atoms with van der Waals surface area (Å²) in [7, 11) is 0. The molecule has 1 aliphatic heterocycles. The van der Waals surface area contributed by atoms with Gasteiger partial charge >= 0.3 is 0 Å². The smallest absolute Gasteiger partial charge is 0.220 e. The third-order valence-corrected chi connectivity index (χ3v) is 12.7. The molecule has 1 heterocycles. The highest BCUT2D eigenvalue weighted by Crippen LogP contribution is 2.23. The Kier molecular flexibility index (Phi) is 42.3. The number of hydrogen-bond acceptors (Lipinski definition) is 8. The van der Waals surface area contributed by atoms with E-state index >= 15 is 0 Å². The van der Waals surface area contributed by atoms with Gasteiger partial charge in [0.2, 0.25) is 5.91 Å². The van der Waals surface area contributed by atoms with Crippen molar-refractivity contribution < 1.29 is 39.8 Å². The lowest BCUT2D eigenvalue weighted by Crippen LogP contribution is -2.60. The molecule has 0 radical (unpaired) electrons. The second-order valence-corrected chi connectivity index (χ2v) is 18.6. The van der Waals surface area contributed by atoms with Gasteiger partial charge in [-0.15, -0.1) is 0 Å². The Morgan fingerprint density at radius 2 is 0.969 bits per heavy atom. The van der Waals surface area contributed by atoms with Gasteiger partial charge in [-0.2, -0.15) is 0 Å². The highest BCUT2D eigenvalue weighted by molar-refractivity contribution is 5.76. The number of rotatable bonds is 45. The monoisotopic (exact) mass is 904 g/mol. The molecule has 0 aliphatic carbocycles. The second kappa shape index (κ2) is 45.0. The Labute approximate surface area is 393 Å². The number of allylic oxidation sites excluding steroid dienone is 8. The first kappa shape index (κ1) is 60.2. The van der Waals surface area contributed by atoms with E-state index in [1.807, 2.05) is 0 Å². The zero-order chi connectivity index (χ0) is 46.6. The third kappa shape index (κ3) is 34.5. The molecule has 1 saturated heterocycles. The SMILES string of the molecule is CC/C=C\C/C=C\C/C=C\C/C=C\CCCCCCCCC(=O)NC(COC1OC(CO)C(O)C(O)C1O)C(O)CCCCCCCCCCCCCCCCCCCCCCCC. The molecular weight excluding hydrogens is 803 g/mol. The number of hydrogen-bond donors (Lipinski definition) is 6. The van der Waals surface area contributed by atoms with Crippen LogP contribution in [0, 0.1) is 0 Å². The molecule has 1 aliphatic rings. The lowest BCUT2D eigenvalue weighted by Gasteiger charge is -2.40. The van der Waals surface area contributed by atoms with Gasteiger partial charge in [-0.05, 0) is 51.4 Å². The minimum absolute atomic E-state index is 0.145. The molecule has 0 aromatic rings. The molecule has 374 valence electrons. The molecule has 0 spiro atoms. The number of amides is 1. The second-order valence-electron chi connectivity index (χ2n) is 18.6. The molecule has 9 nitrogen and oxygen atoms in total. The predicted octanol–water partition coefficient (Wildman–Crippen LogP) is 12.6. The summed E-state index contributed by atoms with van der Waals surface area (Å²) in [6.45, 7) is 3.73. The van der Waals surface area contributed by atoms with Gasteiger partial charge in [0.15, 0.2) is 6.29 Å². The van der Waals surface area contributed by atoms with Gasteiger partial charge in [-0.1, -0.05) is 229 Å². The summed E-state index contributed by atoms with van der Waals surface area (Å²) in [5.74, 6) is -0.158. The van der Waals surface area contributed by atoms with E-state index in [0.717, 1.165) is 77.0 Å². The van der Waals surface area contributed by atoms with E-state index in [1.54, 1.807) is 0 Å². The van der Waals surface area contributed by atoms with Gasteiger partial charge in [-0.25, -0.2) is 0 Å². The van der Waals surface area contributed by atoms with Crippen molar-refractivity contribution >= 4 is 5.91 Å². The zero-order valence-electron chi connectivity index (χ0n) is 41.3. The van der Waals surface area contributed by atoms with Crippen molar-refractivity contribution in [2.45, 2.75) is 281 Å². The number of nitrogens with one attached hydrogen (secondary N) is 1. The molecule has 1 rings (SSSR count). The summed E-state index contributed by atoms with van der Waals surface area (Å²) in [5.41, 5.74) is 0. The van der Waals surface area contributed by atoms with Crippen molar-refractivity contribution in [3.8, 4) is 0 Å². The highest BCUT2D eigenvalue weighted by Gasteiger charge is 2.44. The van der Waals surface area contributed by atoms with E-state index in [9.17, 15) is 30.3 Å². The quantitative estimate of drug-likeness (QED) is 0.0261. The first-order valence-corrected chi connectivity index (χ1v) is 26.8. The van der Waals surface area contributed by atoms with E-state index in [4.69, 9.17) is 9.47 Å². The van der Waals surface area contributed by atoms with Crippen LogP contribution in [0.3, 0.4) is 0 Å². The van der Waals surface area contributed by atoms with Crippen LogP contribution >= 0.6 is 0 Å². The summed E-state index contributed by atoms with van der Waals surface area (Å²) >= 11 is 0. The first-order valence-electron chi connectivity index (χ1n) is 26.8. The molecule has 1 amide bonds. The van der Waals surface area contributed by atoms with Crippen LogP contribution in [0.4, 0.5) is 0 Å². The maximum absolute atomic E-state index is 13.0. The lowest BCUT2D eigenvalue weighted by molar-refractivity contribution is -0.302. The number of unbranched alkanes of at least 4 members (excludes halogenated alkanes) is 27. The van der Waals surface area contributed by atoms with Gasteiger partial charge < -0.3 is 40.3 Å². The fourth-order valence-corrected chi connectivity index (χ4v) is 8.45. The summed E-state index contributed by atoms with van der Waals surface area (Å²) in [6.07, 6.45) is 51.2. The van der Waals surface area contributed by atoms with Crippen LogP contribution in [-0.4, -0.2) is 87.5 Å². The zero-order valence-corrected chi connectivity index (χ0v) is 41.3. The molecular formula is C55H101NO8. The average Bonchev–Trinajstić information content (AvgIpc) is 3.29. The van der Waals surface area contributed by atoms with Crippen LogP contribution in [-0.2, 0) is 14.3 Å². The fraction of sp³-hybridized carbons (Fsp3) is 0.836. The van der Waals surface area contributed by atoms with Crippen molar-refractivity contribution in [3.05, 3.63) is 48.6 Å². The van der Waals surface area contributed by atoms with Gasteiger partial charge in [0.05, 0.1) is 25.4 Å². The van der Waals surface area contributed by atoms with Crippen LogP contribution < -0.4 is 5.32 Å². The summed E-state index contributed by atoms with van der Waals surface area (Å²) in [4.78, 5) is 13.0. The molecule has 0 aromatic heterocycles. The van der Waals surface area contributed by atoms with Crippen molar-refractivity contribution in [3.63, 3.8) is 0 Å². The first-order chi connectivity index (χ1) is 31.3. The molecule has 6 N–H and O–H groups in total. The van der Waals surface area contributed by atoms with Gasteiger partial charge in [0.25, 0.3) is 0 Å². The minimum atomic E-state index is -1.56. The topological polar surface area (TPSA) is 149 Å². The summed E-state index contributed by atoms with van der Waals surface area (Å²) < 4.78 is 11.3. The standard InChI is InChI=1S/C55H101NO8/c1-3-5-7-9-11-13-15-17-19-21-23-24-25-27-28-30-32-34-36-38-40-42-44-49(58)48(47-63-55-54(62)53(61)52(60)50(46-57)64-55)56-51(59)45-43-41-39-37-35-33-31-29-26-22-20-18-16-14-12-10-8-6-4-2/h6,8,12,14,18,20,26,29,48-50,52-55,57-58,60-62H,3-5,7,9-11,13,15-17,19,21-25,27-28,30-47H2,1-2H3,(H,56,59)/b8-6-,14-12-,20-18-,29-26-. The number of aliphatic hydroxyl groups excluding tert-OH is 5. The number of carbonyl (C=O) groups is 1. The number of ether oxygens (including phenoxy) is 2. The van der Waals surface area contributed by atoms with Crippen LogP contribution in [0.15, 0.2) is 48.6 Å². The Balaban J connectivity index is 2.26. The van der Waals surface area contributed by atoms with E-state index in [0.29, 0.717) is 12.8 Å². The van der Waals surface area contributed by atoms with Crippen molar-refractivity contribution in [1.29, 1.82) is 0 Å². The normalized spacial score (nSPS) is 20.4. The molecule has 0 bridgehead atoms. The van der Waals surface area contributed by atoms with Gasteiger partial charge in [-0.3, -0.25) is 4.79 Å². The van der Waals surface area contributed by atoms with Crippen LogP contribution in [0.1, 0.15) is 239 Å². The number of aliphatic hydroxyl groups is 5. The Hall–Kier alpha value is -1.85. The van der Waals surface area contributed by atoms with Crippen LogP contribution in [0.2, 0.25) is 0 Å². The third-order valence-electron chi connectivity index (χ3n) is 12.7. The van der Waals surface area contributed by atoms with Crippen molar-refractivity contribution in [2.75, 3.05) is 13.2 Å². The molecule has 7 atom stereocenters. The summed E-state index contributed by atoms with van der Waals surface area (Å²) in [6, 6.07) is -0.729. The van der Waals surface area contributed by atoms with E-state index < -0.39 is 49.5 Å². The Morgan fingerprint density at radius 1 is 0.547 bits per heavy atom.